The van der Waals surface area contributed by atoms with Crippen molar-refractivity contribution in [2.45, 2.75) is 36.2 Å². The van der Waals surface area contributed by atoms with E-state index in [0.717, 1.165) is 16.1 Å². The smallest absolute Gasteiger partial charge is 0.241 e. The van der Waals surface area contributed by atoms with E-state index in [1.165, 1.54) is 18.1 Å². The average Bonchev–Trinajstić information content (AvgIpc) is 3.01. The average molecular weight is 377 g/mol. The van der Waals surface area contributed by atoms with Gasteiger partial charge < -0.3 is 4.98 Å². The first-order valence-electron chi connectivity index (χ1n) is 7.64. The predicted octanol–water partition coefficient (Wildman–Crippen LogP) is 2.51. The molecule has 3 aromatic rings. The third-order valence-electron chi connectivity index (χ3n) is 3.50. The number of thioether (sulfide) groups is 1. The van der Waals surface area contributed by atoms with Crippen LogP contribution >= 0.6 is 11.8 Å². The van der Waals surface area contributed by atoms with Gasteiger partial charge in [0.05, 0.1) is 11.2 Å². The lowest BCUT2D eigenvalue weighted by molar-refractivity contribution is 0.498. The number of hydrogen-bond acceptors (Lipinski definition) is 6. The summed E-state index contributed by atoms with van der Waals surface area (Å²) in [5.74, 6) is 0.503. The first-order valence-corrected chi connectivity index (χ1v) is 10.1. The fourth-order valence-corrected chi connectivity index (χ4v) is 4.76. The van der Waals surface area contributed by atoms with Crippen molar-refractivity contribution < 1.29 is 8.42 Å². The van der Waals surface area contributed by atoms with E-state index in [-0.39, 0.29) is 4.90 Å². The van der Waals surface area contributed by atoms with E-state index in [1.807, 2.05) is 20.8 Å². The van der Waals surface area contributed by atoms with E-state index < -0.39 is 15.6 Å². The number of aromatic nitrogens is 4. The highest BCUT2D eigenvalue weighted by Crippen LogP contribution is 2.26. The summed E-state index contributed by atoms with van der Waals surface area (Å²) in [7, 11) is -3.59. The molecule has 0 bridgehead atoms. The number of imidazole rings is 1. The van der Waals surface area contributed by atoms with E-state index in [2.05, 4.69) is 24.7 Å². The summed E-state index contributed by atoms with van der Waals surface area (Å²) < 4.78 is 27.9. The first-order chi connectivity index (χ1) is 11.8. The highest BCUT2D eigenvalue weighted by Gasteiger charge is 2.27. The van der Waals surface area contributed by atoms with Crippen LogP contribution in [0.2, 0.25) is 0 Å². The fourth-order valence-electron chi connectivity index (χ4n) is 2.27. The second-order valence-corrected chi connectivity index (χ2v) is 9.02. The van der Waals surface area contributed by atoms with Crippen LogP contribution in [0.3, 0.4) is 0 Å². The molecule has 0 saturated carbocycles. The normalized spacial score (nSPS) is 12.6. The van der Waals surface area contributed by atoms with Crippen molar-refractivity contribution in [3.63, 3.8) is 0 Å². The van der Waals surface area contributed by atoms with E-state index >= 15 is 0 Å². The standard InChI is InChI=1S/C16H19N5O2S2/c1-11-4-6-12(7-5-11)25(22,23)21-16(2,3)8-24-15-13-14(18-9-17-13)19-10-20-15/h4-7,9-10,21H,8H2,1-3H3,(H,17,18,19,20). The molecule has 0 unspecified atom stereocenters. The van der Waals surface area contributed by atoms with Crippen LogP contribution in [0.25, 0.3) is 11.2 Å². The van der Waals surface area contributed by atoms with Gasteiger partial charge in [-0.2, -0.15) is 0 Å². The second kappa shape index (κ2) is 6.74. The maximum absolute atomic E-state index is 12.6. The number of aryl methyl sites for hydroxylation is 1. The minimum atomic E-state index is -3.59. The van der Waals surface area contributed by atoms with Gasteiger partial charge in [-0.3, -0.25) is 0 Å². The molecule has 0 aliphatic carbocycles. The zero-order valence-corrected chi connectivity index (χ0v) is 15.8. The van der Waals surface area contributed by atoms with Gasteiger partial charge in [0.25, 0.3) is 0 Å². The van der Waals surface area contributed by atoms with Crippen molar-refractivity contribution in [2.24, 2.45) is 0 Å². The van der Waals surface area contributed by atoms with Crippen molar-refractivity contribution in [3.05, 3.63) is 42.5 Å². The molecule has 2 heterocycles. The van der Waals surface area contributed by atoms with E-state index in [9.17, 15) is 8.42 Å². The van der Waals surface area contributed by atoms with Gasteiger partial charge in [0.2, 0.25) is 10.0 Å². The molecule has 7 nitrogen and oxygen atoms in total. The van der Waals surface area contributed by atoms with Crippen molar-refractivity contribution in [2.75, 3.05) is 5.75 Å². The zero-order valence-electron chi connectivity index (χ0n) is 14.1. The molecule has 0 aliphatic heterocycles. The lowest BCUT2D eigenvalue weighted by atomic mass is 10.1. The molecule has 132 valence electrons. The number of benzene rings is 1. The number of fused-ring (bicyclic) bond motifs is 1. The van der Waals surface area contributed by atoms with Crippen LogP contribution in [-0.2, 0) is 10.0 Å². The van der Waals surface area contributed by atoms with Gasteiger partial charge >= 0.3 is 0 Å². The molecule has 9 heteroatoms. The Morgan fingerprint density at radius 3 is 2.60 bits per heavy atom. The molecule has 0 spiro atoms. The lowest BCUT2D eigenvalue weighted by Crippen LogP contribution is -2.45. The van der Waals surface area contributed by atoms with Crippen molar-refractivity contribution in [1.82, 2.24) is 24.7 Å². The Morgan fingerprint density at radius 1 is 1.16 bits per heavy atom. The summed E-state index contributed by atoms with van der Waals surface area (Å²) in [6.45, 7) is 5.61. The molecular formula is C16H19N5O2S2. The Morgan fingerprint density at radius 2 is 1.88 bits per heavy atom. The molecule has 0 fully saturated rings. The molecule has 25 heavy (non-hydrogen) atoms. The van der Waals surface area contributed by atoms with Crippen LogP contribution in [0.15, 0.2) is 46.8 Å². The quantitative estimate of drug-likeness (QED) is 0.506. The summed E-state index contributed by atoms with van der Waals surface area (Å²) in [6.07, 6.45) is 3.02. The van der Waals surface area contributed by atoms with Crippen LogP contribution in [0.4, 0.5) is 0 Å². The molecule has 3 rings (SSSR count). The molecule has 1 aromatic carbocycles. The summed E-state index contributed by atoms with van der Waals surface area (Å²) in [6, 6.07) is 6.79. The Bertz CT molecular complexity index is 981. The Balaban J connectivity index is 1.73. The third kappa shape index (κ3) is 4.17. The monoisotopic (exact) mass is 377 g/mol. The molecule has 2 N–H and O–H groups in total. The highest BCUT2D eigenvalue weighted by molar-refractivity contribution is 7.99. The lowest BCUT2D eigenvalue weighted by Gasteiger charge is -2.25. The molecule has 2 aromatic heterocycles. The molecule has 0 aliphatic rings. The van der Waals surface area contributed by atoms with Gasteiger partial charge in [-0.1, -0.05) is 17.7 Å². The van der Waals surface area contributed by atoms with E-state index in [1.54, 1.807) is 30.6 Å². The largest absolute Gasteiger partial charge is 0.341 e. The maximum atomic E-state index is 12.6. The highest BCUT2D eigenvalue weighted by atomic mass is 32.2. The number of H-pyrrole nitrogens is 1. The Kier molecular flexibility index (Phi) is 4.81. The number of nitrogens with zero attached hydrogens (tertiary/aromatic N) is 3. The molecule has 0 radical (unpaired) electrons. The SMILES string of the molecule is Cc1ccc(S(=O)(=O)NC(C)(C)CSc2ncnc3nc[nH]c23)cc1. The minimum absolute atomic E-state index is 0.258. The molecule has 0 amide bonds. The summed E-state index contributed by atoms with van der Waals surface area (Å²) >= 11 is 1.45. The van der Waals surface area contributed by atoms with Gasteiger partial charge in [0.1, 0.15) is 16.9 Å². The van der Waals surface area contributed by atoms with Crippen LogP contribution < -0.4 is 4.72 Å². The molecular weight excluding hydrogens is 358 g/mol. The topological polar surface area (TPSA) is 101 Å². The number of nitrogens with one attached hydrogen (secondary N) is 2. The number of rotatable bonds is 6. The van der Waals surface area contributed by atoms with Crippen LogP contribution in [0.1, 0.15) is 19.4 Å². The van der Waals surface area contributed by atoms with E-state index in [4.69, 9.17) is 0 Å². The van der Waals surface area contributed by atoms with Gasteiger partial charge in [-0.15, -0.1) is 11.8 Å². The van der Waals surface area contributed by atoms with Crippen molar-refractivity contribution >= 4 is 32.9 Å². The van der Waals surface area contributed by atoms with Gasteiger partial charge in [-0.25, -0.2) is 28.1 Å². The number of sulfonamides is 1. The van der Waals surface area contributed by atoms with Gasteiger partial charge in [0, 0.05) is 11.3 Å². The fraction of sp³-hybridized carbons (Fsp3) is 0.312. The Labute approximate surface area is 150 Å². The van der Waals surface area contributed by atoms with Crippen LogP contribution in [-0.4, -0.2) is 39.6 Å². The molecule has 0 saturated heterocycles. The van der Waals surface area contributed by atoms with Crippen LogP contribution in [0, 0.1) is 6.92 Å². The van der Waals surface area contributed by atoms with Crippen molar-refractivity contribution in [3.8, 4) is 0 Å². The van der Waals surface area contributed by atoms with Crippen LogP contribution in [0.5, 0.6) is 0 Å². The third-order valence-corrected chi connectivity index (χ3v) is 6.66. The minimum Gasteiger partial charge on any atom is -0.341 e. The first kappa shape index (κ1) is 17.8. The van der Waals surface area contributed by atoms with E-state index in [0.29, 0.717) is 11.4 Å². The summed E-state index contributed by atoms with van der Waals surface area (Å²) in [4.78, 5) is 15.7. The zero-order chi connectivity index (χ0) is 18.1. The Hall–Kier alpha value is -1.97. The summed E-state index contributed by atoms with van der Waals surface area (Å²) in [5.41, 5.74) is 1.70. The predicted molar refractivity (Wildman–Crippen MR) is 98.0 cm³/mol. The second-order valence-electron chi connectivity index (χ2n) is 6.37. The summed E-state index contributed by atoms with van der Waals surface area (Å²) in [5, 5.41) is 0.741. The maximum Gasteiger partial charge on any atom is 0.241 e. The molecule has 0 atom stereocenters. The van der Waals surface area contributed by atoms with Gasteiger partial charge in [0.15, 0.2) is 5.65 Å². The van der Waals surface area contributed by atoms with Crippen molar-refractivity contribution in [1.29, 1.82) is 0 Å². The number of hydrogen-bond donors (Lipinski definition) is 2. The number of aromatic amines is 1. The van der Waals surface area contributed by atoms with Gasteiger partial charge in [-0.05, 0) is 32.9 Å².